The van der Waals surface area contributed by atoms with Gasteiger partial charge in [0.15, 0.2) is 0 Å². The number of carbonyl (C=O) groups excluding carboxylic acids is 1. The van der Waals surface area contributed by atoms with E-state index < -0.39 is 17.6 Å². The standard InChI is InChI=1S/C22H16F3N2O/c1-13-4-2-5-14(10-13)12-27-18-7-3-6-17(21(26)28)20(18)16-9-8-15(11-19(16)27)22(23,24)25/h2-8,10-11H,12H2,1H3,(H2,26,28). The molecular weight excluding hydrogens is 365 g/mol. The number of fused-ring (bicyclic) bond motifs is 3. The molecule has 3 aromatic carbocycles. The number of halogens is 3. The smallest absolute Gasteiger partial charge is 0.366 e. The highest BCUT2D eigenvalue weighted by Crippen LogP contribution is 2.36. The van der Waals surface area contributed by atoms with Crippen molar-refractivity contribution >= 4 is 27.7 Å². The zero-order chi connectivity index (χ0) is 20.1. The molecule has 6 heteroatoms. The predicted octanol–water partition coefficient (Wildman–Crippen LogP) is 5.07. The van der Waals surface area contributed by atoms with Gasteiger partial charge in [-0.25, -0.2) is 0 Å². The monoisotopic (exact) mass is 381 g/mol. The Balaban J connectivity index is 2.06. The van der Waals surface area contributed by atoms with Gasteiger partial charge in [0.05, 0.1) is 16.6 Å². The number of benzene rings is 3. The molecule has 0 spiro atoms. The zero-order valence-electron chi connectivity index (χ0n) is 15.0. The molecule has 0 saturated heterocycles. The van der Waals surface area contributed by atoms with Crippen molar-refractivity contribution in [3.8, 4) is 0 Å². The molecule has 0 saturated carbocycles. The van der Waals surface area contributed by atoms with E-state index >= 15 is 0 Å². The number of hydrogen-bond acceptors (Lipinski definition) is 1. The van der Waals surface area contributed by atoms with Crippen molar-refractivity contribution in [3.63, 3.8) is 0 Å². The third kappa shape index (κ3) is 3.01. The van der Waals surface area contributed by atoms with Crippen LogP contribution in [0.15, 0.2) is 54.6 Å². The van der Waals surface area contributed by atoms with Crippen LogP contribution in [0, 0.1) is 13.0 Å². The Morgan fingerprint density at radius 3 is 2.54 bits per heavy atom. The van der Waals surface area contributed by atoms with Crippen molar-refractivity contribution in [3.05, 3.63) is 82.9 Å². The number of nitrogens with two attached hydrogens (primary N) is 1. The summed E-state index contributed by atoms with van der Waals surface area (Å²) >= 11 is 0. The first-order chi connectivity index (χ1) is 13.3. The van der Waals surface area contributed by atoms with Gasteiger partial charge in [-0.2, -0.15) is 13.2 Å². The molecule has 4 rings (SSSR count). The van der Waals surface area contributed by atoms with E-state index in [1.165, 1.54) is 0 Å². The first kappa shape index (κ1) is 18.1. The van der Waals surface area contributed by atoms with Crippen molar-refractivity contribution in [1.29, 1.82) is 0 Å². The Labute approximate surface area is 159 Å². The van der Waals surface area contributed by atoms with E-state index in [1.807, 2.05) is 31.2 Å². The van der Waals surface area contributed by atoms with E-state index in [0.717, 1.165) is 23.3 Å². The van der Waals surface area contributed by atoms with Crippen LogP contribution in [-0.2, 0) is 12.7 Å². The highest BCUT2D eigenvalue weighted by molar-refractivity contribution is 6.17. The molecule has 0 unspecified atom stereocenters. The number of alkyl halides is 3. The van der Waals surface area contributed by atoms with E-state index in [4.69, 9.17) is 5.73 Å². The molecule has 0 bridgehead atoms. The quantitative estimate of drug-likeness (QED) is 0.529. The highest BCUT2D eigenvalue weighted by atomic mass is 19.4. The normalized spacial score (nSPS) is 12.0. The van der Waals surface area contributed by atoms with Crippen LogP contribution in [0.1, 0.15) is 27.0 Å². The number of aryl methyl sites for hydroxylation is 1. The van der Waals surface area contributed by atoms with Gasteiger partial charge >= 0.3 is 6.18 Å². The molecule has 141 valence electrons. The van der Waals surface area contributed by atoms with Gasteiger partial charge in [0.25, 0.3) is 0 Å². The SMILES string of the molecule is Cc1cccc(Cn2c3cc(C(F)(F)F)c[c]c3c3c(C(N)=O)cccc32)c1. The summed E-state index contributed by atoms with van der Waals surface area (Å²) < 4.78 is 41.6. The van der Waals surface area contributed by atoms with Crippen molar-refractivity contribution in [2.75, 3.05) is 0 Å². The van der Waals surface area contributed by atoms with Gasteiger partial charge in [-0.15, -0.1) is 0 Å². The number of aromatic nitrogens is 1. The number of amides is 1. The minimum atomic E-state index is -4.48. The number of primary amides is 1. The van der Waals surface area contributed by atoms with Gasteiger partial charge in [-0.1, -0.05) is 35.9 Å². The van der Waals surface area contributed by atoms with Crippen LogP contribution >= 0.6 is 0 Å². The van der Waals surface area contributed by atoms with Gasteiger partial charge in [-0.3, -0.25) is 4.79 Å². The van der Waals surface area contributed by atoms with E-state index in [2.05, 4.69) is 6.07 Å². The lowest BCUT2D eigenvalue weighted by Crippen LogP contribution is -2.11. The third-order valence-electron chi connectivity index (χ3n) is 4.81. The number of nitrogens with zero attached hydrogens (tertiary/aromatic N) is 1. The first-order valence-corrected chi connectivity index (χ1v) is 8.65. The average Bonchev–Trinajstić information content (AvgIpc) is 2.94. The molecule has 0 atom stereocenters. The highest BCUT2D eigenvalue weighted by Gasteiger charge is 2.31. The molecule has 1 aromatic heterocycles. The van der Waals surface area contributed by atoms with Crippen LogP contribution < -0.4 is 5.73 Å². The minimum absolute atomic E-state index is 0.265. The van der Waals surface area contributed by atoms with E-state index in [9.17, 15) is 18.0 Å². The molecule has 3 nitrogen and oxygen atoms in total. The molecule has 1 radical (unpaired) electrons. The summed E-state index contributed by atoms with van der Waals surface area (Å²) in [7, 11) is 0. The van der Waals surface area contributed by atoms with Crippen LogP contribution in [0.5, 0.6) is 0 Å². The maximum atomic E-state index is 13.3. The second kappa shape index (κ2) is 6.41. The third-order valence-corrected chi connectivity index (χ3v) is 4.81. The molecule has 0 aliphatic rings. The van der Waals surface area contributed by atoms with E-state index in [0.29, 0.717) is 28.4 Å². The van der Waals surface area contributed by atoms with Crippen LogP contribution in [-0.4, -0.2) is 10.5 Å². The van der Waals surface area contributed by atoms with Crippen molar-refractivity contribution in [2.45, 2.75) is 19.6 Å². The van der Waals surface area contributed by atoms with Gasteiger partial charge in [0, 0.05) is 22.9 Å². The van der Waals surface area contributed by atoms with Crippen LogP contribution in [0.3, 0.4) is 0 Å². The number of carbonyl (C=O) groups is 1. The van der Waals surface area contributed by atoms with Crippen LogP contribution in [0.4, 0.5) is 13.2 Å². The Hall–Kier alpha value is -3.28. The molecular formula is C22H16F3N2O. The summed E-state index contributed by atoms with van der Waals surface area (Å²) in [6.07, 6.45) is -4.48. The lowest BCUT2D eigenvalue weighted by atomic mass is 10.0. The molecule has 0 fully saturated rings. The molecule has 4 aromatic rings. The van der Waals surface area contributed by atoms with Gasteiger partial charge < -0.3 is 10.3 Å². The van der Waals surface area contributed by atoms with Gasteiger partial charge in [0.2, 0.25) is 5.91 Å². The molecule has 1 amide bonds. The summed E-state index contributed by atoms with van der Waals surface area (Å²) in [5.41, 5.74) is 7.99. The summed E-state index contributed by atoms with van der Waals surface area (Å²) in [5, 5.41) is 0.969. The lowest BCUT2D eigenvalue weighted by molar-refractivity contribution is -0.137. The number of rotatable bonds is 3. The Morgan fingerprint density at radius 2 is 1.86 bits per heavy atom. The molecule has 28 heavy (non-hydrogen) atoms. The fraction of sp³-hybridized carbons (Fsp3) is 0.136. The van der Waals surface area contributed by atoms with Crippen LogP contribution in [0.2, 0.25) is 0 Å². The fourth-order valence-electron chi connectivity index (χ4n) is 3.59. The number of hydrogen-bond donors (Lipinski definition) is 1. The minimum Gasteiger partial charge on any atom is -0.366 e. The van der Waals surface area contributed by atoms with Crippen LogP contribution in [0.25, 0.3) is 21.8 Å². The second-order valence-electron chi connectivity index (χ2n) is 6.79. The molecule has 1 heterocycles. The van der Waals surface area contributed by atoms with Crippen molar-refractivity contribution in [2.24, 2.45) is 5.73 Å². The van der Waals surface area contributed by atoms with E-state index in [-0.39, 0.29) is 5.56 Å². The second-order valence-corrected chi connectivity index (χ2v) is 6.79. The van der Waals surface area contributed by atoms with Crippen molar-refractivity contribution < 1.29 is 18.0 Å². The Kier molecular flexibility index (Phi) is 4.14. The molecule has 2 N–H and O–H groups in total. The molecule has 0 aliphatic carbocycles. The Bertz CT molecular complexity index is 1220. The maximum absolute atomic E-state index is 13.3. The summed E-state index contributed by atoms with van der Waals surface area (Å²) in [4.78, 5) is 11.9. The maximum Gasteiger partial charge on any atom is 0.416 e. The Morgan fingerprint density at radius 1 is 1.11 bits per heavy atom. The summed E-state index contributed by atoms with van der Waals surface area (Å²) in [6, 6.07) is 17.5. The first-order valence-electron chi connectivity index (χ1n) is 8.65. The average molecular weight is 381 g/mol. The van der Waals surface area contributed by atoms with E-state index in [1.54, 1.807) is 22.8 Å². The van der Waals surface area contributed by atoms with Crippen molar-refractivity contribution in [1.82, 2.24) is 4.57 Å². The molecule has 0 aliphatic heterocycles. The fourth-order valence-corrected chi connectivity index (χ4v) is 3.59. The van der Waals surface area contributed by atoms with Gasteiger partial charge in [0.1, 0.15) is 0 Å². The zero-order valence-corrected chi connectivity index (χ0v) is 15.0. The predicted molar refractivity (Wildman–Crippen MR) is 102 cm³/mol. The summed E-state index contributed by atoms with van der Waals surface area (Å²) in [5.74, 6) is -0.631. The lowest BCUT2D eigenvalue weighted by Gasteiger charge is -2.10. The summed E-state index contributed by atoms with van der Waals surface area (Å²) in [6.45, 7) is 2.31. The topological polar surface area (TPSA) is 48.0 Å². The van der Waals surface area contributed by atoms with Gasteiger partial charge in [-0.05, 0) is 42.8 Å². The largest absolute Gasteiger partial charge is 0.416 e.